The molecule has 0 radical (unpaired) electrons. The Morgan fingerprint density at radius 1 is 1.20 bits per heavy atom. The number of rotatable bonds is 7. The molecule has 0 aromatic heterocycles. The summed E-state index contributed by atoms with van der Waals surface area (Å²) in [6, 6.07) is 6.19. The Labute approximate surface area is 157 Å². The Morgan fingerprint density at radius 2 is 1.84 bits per heavy atom. The van der Waals surface area contributed by atoms with E-state index in [-0.39, 0.29) is 36.6 Å². The van der Waals surface area contributed by atoms with Crippen LogP contribution < -0.4 is 10.1 Å². The van der Waals surface area contributed by atoms with E-state index in [1.807, 2.05) is 6.07 Å². The fourth-order valence-corrected chi connectivity index (χ4v) is 2.81. The van der Waals surface area contributed by atoms with Gasteiger partial charge in [-0.1, -0.05) is 25.5 Å². The molecule has 1 aromatic carbocycles. The second-order valence-electron chi connectivity index (χ2n) is 5.63. The number of ether oxygens (including phenoxy) is 1. The van der Waals surface area contributed by atoms with Gasteiger partial charge in [0.05, 0.1) is 0 Å². The highest BCUT2D eigenvalue weighted by Gasteiger charge is 2.44. The van der Waals surface area contributed by atoms with Gasteiger partial charge in [0.25, 0.3) is 0 Å². The van der Waals surface area contributed by atoms with Crippen LogP contribution >= 0.6 is 24.8 Å². The molecule has 1 heterocycles. The zero-order chi connectivity index (χ0) is 16.9. The Morgan fingerprint density at radius 3 is 2.40 bits per heavy atom. The average Bonchev–Trinajstić information content (AvgIpc) is 2.53. The zero-order valence-electron chi connectivity index (χ0n) is 13.9. The first-order valence-corrected chi connectivity index (χ1v) is 7.83. The lowest BCUT2D eigenvalue weighted by molar-refractivity contribution is -0.253. The van der Waals surface area contributed by atoms with E-state index in [2.05, 4.69) is 21.9 Å². The monoisotopic (exact) mass is 406 g/mol. The molecule has 1 N–H and O–H groups in total. The third-order valence-electron chi connectivity index (χ3n) is 3.91. The van der Waals surface area contributed by atoms with Crippen molar-refractivity contribution in [1.82, 2.24) is 10.2 Å². The van der Waals surface area contributed by atoms with Crippen LogP contribution in [0.4, 0.5) is 17.6 Å². The van der Waals surface area contributed by atoms with Gasteiger partial charge in [0, 0.05) is 32.2 Å². The number of hydrogen-bond acceptors (Lipinski definition) is 3. The highest BCUT2D eigenvalue weighted by Crippen LogP contribution is 2.32. The predicted molar refractivity (Wildman–Crippen MR) is 94.6 cm³/mol. The van der Waals surface area contributed by atoms with Crippen LogP contribution in [-0.2, 0) is 0 Å². The molecule has 0 spiro atoms. The van der Waals surface area contributed by atoms with Crippen molar-refractivity contribution in [2.45, 2.75) is 38.3 Å². The molecule has 0 aliphatic carbocycles. The molecule has 25 heavy (non-hydrogen) atoms. The van der Waals surface area contributed by atoms with E-state index in [4.69, 9.17) is 0 Å². The van der Waals surface area contributed by atoms with E-state index in [1.165, 1.54) is 12.1 Å². The summed E-state index contributed by atoms with van der Waals surface area (Å²) in [6.07, 6.45) is -6.53. The maximum atomic E-state index is 13.1. The fraction of sp³-hybridized carbons (Fsp3) is 0.625. The number of piperazine rings is 1. The van der Waals surface area contributed by atoms with E-state index in [9.17, 15) is 17.6 Å². The van der Waals surface area contributed by atoms with Crippen molar-refractivity contribution >= 4 is 24.8 Å². The number of nitrogens with one attached hydrogen (secondary N) is 1. The minimum atomic E-state index is -4.48. The van der Waals surface area contributed by atoms with Gasteiger partial charge in [-0.2, -0.15) is 17.6 Å². The lowest BCUT2D eigenvalue weighted by atomic mass is 9.99. The van der Waals surface area contributed by atoms with Crippen LogP contribution in [0.3, 0.4) is 0 Å². The molecule has 3 nitrogen and oxygen atoms in total. The van der Waals surface area contributed by atoms with Crippen LogP contribution in [0.15, 0.2) is 24.3 Å². The van der Waals surface area contributed by atoms with Gasteiger partial charge in [0.1, 0.15) is 5.75 Å². The van der Waals surface area contributed by atoms with Gasteiger partial charge >= 0.3 is 12.5 Å². The Bertz CT molecular complexity index is 503. The molecule has 0 saturated carbocycles. The third kappa shape index (κ3) is 6.81. The molecule has 1 aliphatic rings. The summed E-state index contributed by atoms with van der Waals surface area (Å²) < 4.78 is 54.9. The van der Waals surface area contributed by atoms with E-state index in [0.717, 1.165) is 44.6 Å². The van der Waals surface area contributed by atoms with E-state index < -0.39 is 12.5 Å². The van der Waals surface area contributed by atoms with Crippen molar-refractivity contribution in [2.24, 2.45) is 0 Å². The molecule has 0 amide bonds. The highest BCUT2D eigenvalue weighted by atomic mass is 35.5. The maximum absolute atomic E-state index is 13.1. The first kappa shape index (κ1) is 24.2. The van der Waals surface area contributed by atoms with Crippen molar-refractivity contribution in [2.75, 3.05) is 26.2 Å². The largest absolute Gasteiger partial charge is 0.461 e. The number of halogens is 6. The Balaban J connectivity index is 0.00000288. The van der Waals surface area contributed by atoms with Crippen molar-refractivity contribution in [1.29, 1.82) is 0 Å². The standard InChI is InChI=1S/C16H22F4N2O.2ClH/c1-2-4-14(22-9-7-21-8-10-22)12-5-3-6-13(11-12)23-16(19,20)15(17)18;;/h3,5-6,11,14-15,21H,2,4,7-10H2,1H3;2*1H/t14-;;/m1../s1. The van der Waals surface area contributed by atoms with Crippen LogP contribution in [-0.4, -0.2) is 43.6 Å². The molecule has 1 aromatic rings. The molecule has 1 fully saturated rings. The average molecular weight is 407 g/mol. The normalized spacial score (nSPS) is 16.7. The number of alkyl halides is 4. The molecule has 9 heteroatoms. The predicted octanol–water partition coefficient (Wildman–Crippen LogP) is 4.51. The maximum Gasteiger partial charge on any atom is 0.461 e. The van der Waals surface area contributed by atoms with Crippen LogP contribution in [0, 0.1) is 0 Å². The quantitative estimate of drug-likeness (QED) is 0.673. The smallest absolute Gasteiger partial charge is 0.428 e. The van der Waals surface area contributed by atoms with Gasteiger partial charge in [-0.15, -0.1) is 24.8 Å². The molecule has 1 aliphatic heterocycles. The molecular weight excluding hydrogens is 383 g/mol. The topological polar surface area (TPSA) is 24.5 Å². The minimum absolute atomic E-state index is 0. The zero-order valence-corrected chi connectivity index (χ0v) is 15.5. The summed E-state index contributed by atoms with van der Waals surface area (Å²) >= 11 is 0. The van der Waals surface area contributed by atoms with Crippen molar-refractivity contribution in [3.05, 3.63) is 29.8 Å². The highest BCUT2D eigenvalue weighted by molar-refractivity contribution is 5.85. The molecule has 0 bridgehead atoms. The Kier molecular flexibility index (Phi) is 10.7. The van der Waals surface area contributed by atoms with Gasteiger partial charge in [-0.3, -0.25) is 4.90 Å². The molecule has 1 atom stereocenters. The molecular formula is C16H24Cl2F4N2O. The second kappa shape index (κ2) is 11.1. The van der Waals surface area contributed by atoms with Crippen LogP contribution in [0.25, 0.3) is 0 Å². The number of nitrogens with zero attached hydrogens (tertiary/aromatic N) is 1. The SMILES string of the molecule is CCC[C@H](c1cccc(OC(F)(F)C(F)F)c1)N1CCNCC1.Cl.Cl. The van der Waals surface area contributed by atoms with Crippen molar-refractivity contribution in [3.63, 3.8) is 0 Å². The van der Waals surface area contributed by atoms with Gasteiger partial charge in [0.15, 0.2) is 0 Å². The van der Waals surface area contributed by atoms with Crippen LogP contribution in [0.2, 0.25) is 0 Å². The Hall–Kier alpha value is -0.760. The fourth-order valence-electron chi connectivity index (χ4n) is 2.81. The van der Waals surface area contributed by atoms with Gasteiger partial charge < -0.3 is 10.1 Å². The number of hydrogen-bond donors (Lipinski definition) is 1. The van der Waals surface area contributed by atoms with Gasteiger partial charge in [-0.25, -0.2) is 0 Å². The van der Waals surface area contributed by atoms with E-state index >= 15 is 0 Å². The molecule has 1 saturated heterocycles. The summed E-state index contributed by atoms with van der Waals surface area (Å²) in [6.45, 7) is 5.53. The minimum Gasteiger partial charge on any atom is -0.428 e. The molecule has 0 unspecified atom stereocenters. The summed E-state index contributed by atoms with van der Waals surface area (Å²) in [7, 11) is 0. The van der Waals surface area contributed by atoms with Crippen LogP contribution in [0.5, 0.6) is 5.75 Å². The van der Waals surface area contributed by atoms with Crippen molar-refractivity contribution < 1.29 is 22.3 Å². The molecule has 2 rings (SSSR count). The van der Waals surface area contributed by atoms with Crippen molar-refractivity contribution in [3.8, 4) is 5.75 Å². The summed E-state index contributed by atoms with van der Waals surface area (Å²) in [5, 5.41) is 3.27. The van der Waals surface area contributed by atoms with E-state index in [0.29, 0.717) is 0 Å². The summed E-state index contributed by atoms with van der Waals surface area (Å²) in [4.78, 5) is 2.28. The van der Waals surface area contributed by atoms with Crippen LogP contribution in [0.1, 0.15) is 31.4 Å². The second-order valence-corrected chi connectivity index (χ2v) is 5.63. The molecule has 146 valence electrons. The summed E-state index contributed by atoms with van der Waals surface area (Å²) in [5.41, 5.74) is 0.816. The lowest BCUT2D eigenvalue weighted by Crippen LogP contribution is -2.45. The van der Waals surface area contributed by atoms with Gasteiger partial charge in [0.2, 0.25) is 0 Å². The first-order chi connectivity index (χ1) is 10.9. The van der Waals surface area contributed by atoms with Gasteiger partial charge in [-0.05, 0) is 24.1 Å². The number of benzene rings is 1. The van der Waals surface area contributed by atoms with E-state index in [1.54, 1.807) is 6.07 Å². The first-order valence-electron chi connectivity index (χ1n) is 7.83. The third-order valence-corrected chi connectivity index (χ3v) is 3.91. The lowest BCUT2D eigenvalue weighted by Gasteiger charge is -2.35. The summed E-state index contributed by atoms with van der Waals surface area (Å²) in [5.74, 6) is -0.232.